The van der Waals surface area contributed by atoms with E-state index in [9.17, 15) is 0 Å². The minimum atomic E-state index is 0.733. The van der Waals surface area contributed by atoms with E-state index < -0.39 is 0 Å². The van der Waals surface area contributed by atoms with Gasteiger partial charge >= 0.3 is 0 Å². The molecule has 102 valence electrons. The molecule has 3 heterocycles. The summed E-state index contributed by atoms with van der Waals surface area (Å²) < 4.78 is 0. The number of hydrogen-bond donors (Lipinski definition) is 0. The molecule has 0 aliphatic carbocycles. The van der Waals surface area contributed by atoms with Gasteiger partial charge in [-0.1, -0.05) is 30.4 Å². The molecule has 0 amide bonds. The van der Waals surface area contributed by atoms with Crippen molar-refractivity contribution in [1.29, 1.82) is 0 Å². The fraction of sp³-hybridized carbons (Fsp3) is 0.0588. The number of rotatable bonds is 2. The Morgan fingerprint density at radius 3 is 2.57 bits per heavy atom. The fourth-order valence-corrected chi connectivity index (χ4v) is 2.61. The van der Waals surface area contributed by atoms with Gasteiger partial charge in [0.2, 0.25) is 0 Å². The van der Waals surface area contributed by atoms with Gasteiger partial charge in [-0.2, -0.15) is 0 Å². The molecule has 0 radical (unpaired) electrons. The summed E-state index contributed by atoms with van der Waals surface area (Å²) in [6.45, 7) is 0.867. The maximum Gasteiger partial charge on any atom is 0.178 e. The van der Waals surface area contributed by atoms with Gasteiger partial charge in [-0.05, 0) is 24.3 Å². The second kappa shape index (κ2) is 4.90. The fourth-order valence-electron chi connectivity index (χ4n) is 2.61. The first kappa shape index (κ1) is 11.9. The molecule has 0 saturated carbocycles. The Hall–Kier alpha value is -2.88. The third-order valence-corrected chi connectivity index (χ3v) is 3.54. The Labute approximate surface area is 123 Å². The van der Waals surface area contributed by atoms with Gasteiger partial charge in [0.25, 0.3) is 0 Å². The number of allylic oxidation sites excluding steroid dienone is 2. The summed E-state index contributed by atoms with van der Waals surface area (Å²) >= 11 is 0. The van der Waals surface area contributed by atoms with E-state index in [-0.39, 0.29) is 0 Å². The van der Waals surface area contributed by atoms with Crippen molar-refractivity contribution < 1.29 is 0 Å². The number of fused-ring (bicyclic) bond motifs is 1. The molecule has 0 atom stereocenters. The van der Waals surface area contributed by atoms with E-state index >= 15 is 0 Å². The first-order valence-corrected chi connectivity index (χ1v) is 6.91. The Bertz CT molecular complexity index is 732. The molecule has 2 aliphatic rings. The van der Waals surface area contributed by atoms with Gasteiger partial charge < -0.3 is 4.90 Å². The maximum atomic E-state index is 4.40. The molecule has 4 nitrogen and oxygen atoms in total. The van der Waals surface area contributed by atoms with Crippen LogP contribution in [0, 0.1) is 0 Å². The van der Waals surface area contributed by atoms with Crippen molar-refractivity contribution in [3.63, 3.8) is 0 Å². The number of benzene rings is 1. The lowest BCUT2D eigenvalue weighted by Gasteiger charge is -2.27. The number of anilines is 1. The molecule has 0 N–H and O–H groups in total. The van der Waals surface area contributed by atoms with Gasteiger partial charge in [-0.3, -0.25) is 4.90 Å². The zero-order valence-electron chi connectivity index (χ0n) is 11.4. The number of nitrogens with zero attached hydrogens (tertiary/aromatic N) is 4. The van der Waals surface area contributed by atoms with Crippen LogP contribution in [0.4, 0.5) is 5.69 Å². The van der Waals surface area contributed by atoms with Crippen LogP contribution in [0.1, 0.15) is 5.82 Å². The van der Waals surface area contributed by atoms with Crippen molar-refractivity contribution >= 4 is 11.4 Å². The predicted molar refractivity (Wildman–Crippen MR) is 82.9 cm³/mol. The summed E-state index contributed by atoms with van der Waals surface area (Å²) in [5, 5.41) is 0. The Morgan fingerprint density at radius 1 is 0.952 bits per heavy atom. The highest BCUT2D eigenvalue weighted by atomic mass is 15.4. The molecule has 0 bridgehead atoms. The van der Waals surface area contributed by atoms with E-state index in [0.717, 1.165) is 29.6 Å². The van der Waals surface area contributed by atoms with Crippen LogP contribution in [0.5, 0.6) is 0 Å². The second-order valence-electron chi connectivity index (χ2n) is 4.86. The van der Waals surface area contributed by atoms with Gasteiger partial charge in [0, 0.05) is 30.8 Å². The highest BCUT2D eigenvalue weighted by Gasteiger charge is 2.30. The molecule has 2 aromatic rings. The van der Waals surface area contributed by atoms with Crippen LogP contribution < -0.4 is 4.90 Å². The summed E-state index contributed by atoms with van der Waals surface area (Å²) in [6, 6.07) is 12.1. The lowest BCUT2D eigenvalue weighted by molar-refractivity contribution is 0.524. The lowest BCUT2D eigenvalue weighted by Crippen LogP contribution is -2.25. The molecule has 1 aromatic heterocycles. The van der Waals surface area contributed by atoms with Gasteiger partial charge in [-0.25, -0.2) is 9.97 Å². The summed E-state index contributed by atoms with van der Waals surface area (Å²) in [5.41, 5.74) is 2.11. The SMILES string of the molecule is C1=CCN2C=C(c3ncccn3)N(c3ccccc3)C2=C1. The zero-order valence-corrected chi connectivity index (χ0v) is 11.4. The average molecular weight is 274 g/mol. The van der Waals surface area contributed by atoms with Gasteiger partial charge in [-0.15, -0.1) is 0 Å². The van der Waals surface area contributed by atoms with Crippen LogP contribution in [0.3, 0.4) is 0 Å². The number of aromatic nitrogens is 2. The van der Waals surface area contributed by atoms with E-state index in [2.05, 4.69) is 56.3 Å². The standard InChI is InChI=1S/C17H14N4/c1-2-7-14(8-3-1)21-15(17-18-10-6-11-19-17)13-20-12-5-4-9-16(20)21/h1-11,13H,12H2. The Morgan fingerprint density at radius 2 is 1.76 bits per heavy atom. The molecule has 0 spiro atoms. The summed E-state index contributed by atoms with van der Waals surface area (Å²) in [6.07, 6.45) is 12.0. The minimum Gasteiger partial charge on any atom is -0.328 e. The quantitative estimate of drug-likeness (QED) is 0.842. The summed E-state index contributed by atoms with van der Waals surface area (Å²) in [5.74, 6) is 1.86. The van der Waals surface area contributed by atoms with Crippen molar-refractivity contribution in [3.05, 3.63) is 84.9 Å². The molecule has 0 fully saturated rings. The molecule has 2 aliphatic heterocycles. The number of hydrogen-bond acceptors (Lipinski definition) is 4. The van der Waals surface area contributed by atoms with E-state index in [1.165, 1.54) is 0 Å². The topological polar surface area (TPSA) is 32.3 Å². The Kier molecular flexibility index (Phi) is 2.78. The summed E-state index contributed by atoms with van der Waals surface area (Å²) in [7, 11) is 0. The van der Waals surface area contributed by atoms with Gasteiger partial charge in [0.1, 0.15) is 11.5 Å². The van der Waals surface area contributed by atoms with Crippen molar-refractivity contribution in [2.24, 2.45) is 0 Å². The van der Waals surface area contributed by atoms with Crippen LogP contribution in [0.15, 0.2) is 79.0 Å². The molecule has 1 aromatic carbocycles. The normalized spacial score (nSPS) is 16.6. The van der Waals surface area contributed by atoms with Crippen molar-refractivity contribution in [1.82, 2.24) is 14.9 Å². The largest absolute Gasteiger partial charge is 0.328 e. The average Bonchev–Trinajstić information content (AvgIpc) is 2.96. The molecular formula is C17H14N4. The molecular weight excluding hydrogens is 260 g/mol. The molecule has 0 unspecified atom stereocenters. The van der Waals surface area contributed by atoms with E-state index in [0.29, 0.717) is 0 Å². The van der Waals surface area contributed by atoms with Crippen LogP contribution in [0.25, 0.3) is 5.70 Å². The van der Waals surface area contributed by atoms with Crippen LogP contribution in [0.2, 0.25) is 0 Å². The Balaban J connectivity index is 1.85. The molecule has 0 saturated heterocycles. The van der Waals surface area contributed by atoms with Crippen LogP contribution in [-0.2, 0) is 0 Å². The smallest absolute Gasteiger partial charge is 0.178 e. The van der Waals surface area contributed by atoms with Crippen molar-refractivity contribution in [2.45, 2.75) is 0 Å². The first-order chi connectivity index (χ1) is 10.4. The lowest BCUT2D eigenvalue weighted by atomic mass is 10.2. The molecule has 4 heteroatoms. The van der Waals surface area contributed by atoms with E-state index in [1.54, 1.807) is 12.4 Å². The first-order valence-electron chi connectivity index (χ1n) is 6.91. The number of para-hydroxylation sites is 1. The van der Waals surface area contributed by atoms with Gasteiger partial charge in [0.15, 0.2) is 5.82 Å². The molecule has 4 rings (SSSR count). The maximum absolute atomic E-state index is 4.40. The second-order valence-corrected chi connectivity index (χ2v) is 4.86. The predicted octanol–water partition coefficient (Wildman–Crippen LogP) is 3.01. The highest BCUT2D eigenvalue weighted by Crippen LogP contribution is 2.36. The summed E-state index contributed by atoms with van der Waals surface area (Å²) in [4.78, 5) is 13.2. The monoisotopic (exact) mass is 274 g/mol. The zero-order chi connectivity index (χ0) is 14.1. The minimum absolute atomic E-state index is 0.733. The van der Waals surface area contributed by atoms with Gasteiger partial charge in [0.05, 0.1) is 0 Å². The third-order valence-electron chi connectivity index (χ3n) is 3.54. The van der Waals surface area contributed by atoms with Crippen molar-refractivity contribution in [2.75, 3.05) is 11.4 Å². The third kappa shape index (κ3) is 2.01. The van der Waals surface area contributed by atoms with E-state index in [1.807, 2.05) is 24.3 Å². The van der Waals surface area contributed by atoms with Crippen molar-refractivity contribution in [3.8, 4) is 0 Å². The van der Waals surface area contributed by atoms with Crippen LogP contribution in [-0.4, -0.2) is 21.4 Å². The molecule has 21 heavy (non-hydrogen) atoms. The van der Waals surface area contributed by atoms with E-state index in [4.69, 9.17) is 0 Å². The van der Waals surface area contributed by atoms with Crippen LogP contribution >= 0.6 is 0 Å². The highest BCUT2D eigenvalue weighted by molar-refractivity contribution is 5.83.